The Morgan fingerprint density at radius 1 is 1.21 bits per heavy atom. The van der Waals surface area contributed by atoms with Gasteiger partial charge >= 0.3 is 0 Å². The first-order chi connectivity index (χ1) is 13.4. The number of nitrogens with zero attached hydrogens (tertiary/aromatic N) is 1. The third-order valence-corrected chi connectivity index (χ3v) is 4.91. The van der Waals surface area contributed by atoms with Crippen LogP contribution >= 0.6 is 0 Å². The van der Waals surface area contributed by atoms with Gasteiger partial charge in [0.1, 0.15) is 17.6 Å². The van der Waals surface area contributed by atoms with Crippen LogP contribution in [0.3, 0.4) is 0 Å². The molecule has 0 radical (unpaired) electrons. The second kappa shape index (κ2) is 8.41. The molecule has 0 bridgehead atoms. The van der Waals surface area contributed by atoms with Crippen molar-refractivity contribution < 1.29 is 18.7 Å². The Balaban J connectivity index is 1.90. The van der Waals surface area contributed by atoms with Crippen molar-refractivity contribution in [1.29, 1.82) is 5.26 Å². The highest BCUT2D eigenvalue weighted by Crippen LogP contribution is 2.37. The fourth-order valence-electron chi connectivity index (χ4n) is 3.45. The molecule has 1 N–H and O–H groups in total. The van der Waals surface area contributed by atoms with E-state index in [1.807, 2.05) is 13.8 Å². The van der Waals surface area contributed by atoms with Gasteiger partial charge in [-0.25, -0.2) is 4.39 Å². The molecule has 0 aliphatic carbocycles. The van der Waals surface area contributed by atoms with E-state index in [1.165, 1.54) is 12.1 Å². The number of ether oxygens (including phenoxy) is 2. The minimum atomic E-state index is -0.828. The lowest BCUT2D eigenvalue weighted by Crippen LogP contribution is -2.45. The van der Waals surface area contributed by atoms with Gasteiger partial charge in [0.25, 0.3) is 0 Å². The molecule has 5 nitrogen and oxygen atoms in total. The molecule has 0 unspecified atom stereocenters. The largest absolute Gasteiger partial charge is 0.491 e. The van der Waals surface area contributed by atoms with Gasteiger partial charge in [-0.2, -0.15) is 5.26 Å². The minimum Gasteiger partial charge on any atom is -0.491 e. The molecule has 2 aromatic rings. The SMILES string of the molecule is CC(C)Oc1ccc(NC(=O)C2(c3ccc(F)cc3)CCOCC2)c(C#N)c1. The van der Waals surface area contributed by atoms with Crippen molar-refractivity contribution in [3.8, 4) is 11.8 Å². The summed E-state index contributed by atoms with van der Waals surface area (Å²) in [5, 5.41) is 12.4. The van der Waals surface area contributed by atoms with Gasteiger partial charge in [-0.3, -0.25) is 4.79 Å². The molecule has 1 fully saturated rings. The Hall–Kier alpha value is -2.91. The lowest BCUT2D eigenvalue weighted by molar-refractivity contribution is -0.125. The van der Waals surface area contributed by atoms with Crippen molar-refractivity contribution in [3.05, 3.63) is 59.4 Å². The van der Waals surface area contributed by atoms with Gasteiger partial charge in [0.05, 0.1) is 22.8 Å². The minimum absolute atomic E-state index is 0.0176. The van der Waals surface area contributed by atoms with E-state index in [2.05, 4.69) is 11.4 Å². The van der Waals surface area contributed by atoms with Crippen LogP contribution in [0.25, 0.3) is 0 Å². The van der Waals surface area contributed by atoms with Crippen molar-refractivity contribution >= 4 is 11.6 Å². The number of carbonyl (C=O) groups is 1. The maximum Gasteiger partial charge on any atom is 0.235 e. The molecule has 146 valence electrons. The van der Waals surface area contributed by atoms with Crippen LogP contribution in [0.15, 0.2) is 42.5 Å². The lowest BCUT2D eigenvalue weighted by Gasteiger charge is -2.36. The summed E-state index contributed by atoms with van der Waals surface area (Å²) in [5.74, 6) is -0.000764. The Labute approximate surface area is 164 Å². The summed E-state index contributed by atoms with van der Waals surface area (Å²) in [7, 11) is 0. The number of nitriles is 1. The molecule has 28 heavy (non-hydrogen) atoms. The molecular formula is C22H23FN2O3. The van der Waals surface area contributed by atoms with Gasteiger partial charge in [-0.05, 0) is 56.5 Å². The highest BCUT2D eigenvalue weighted by Gasteiger charge is 2.42. The highest BCUT2D eigenvalue weighted by molar-refractivity contribution is 6.00. The van der Waals surface area contributed by atoms with Gasteiger partial charge in [0.15, 0.2) is 0 Å². The summed E-state index contributed by atoms with van der Waals surface area (Å²) >= 11 is 0. The van der Waals surface area contributed by atoms with Gasteiger partial charge in [-0.15, -0.1) is 0 Å². The highest BCUT2D eigenvalue weighted by atomic mass is 19.1. The van der Waals surface area contributed by atoms with E-state index >= 15 is 0 Å². The number of carbonyl (C=O) groups excluding carboxylic acids is 1. The van der Waals surface area contributed by atoms with Gasteiger partial charge in [0, 0.05) is 19.3 Å². The van der Waals surface area contributed by atoms with Crippen LogP contribution < -0.4 is 10.1 Å². The number of halogens is 1. The normalized spacial score (nSPS) is 15.7. The summed E-state index contributed by atoms with van der Waals surface area (Å²) in [5.41, 5.74) is 0.670. The molecular weight excluding hydrogens is 359 g/mol. The third-order valence-electron chi connectivity index (χ3n) is 4.91. The molecule has 1 aliphatic rings. The summed E-state index contributed by atoms with van der Waals surface area (Å²) in [6.07, 6.45) is 0.956. The molecule has 0 spiro atoms. The van der Waals surface area contributed by atoms with E-state index in [1.54, 1.807) is 30.3 Å². The molecule has 1 heterocycles. The first-order valence-corrected chi connectivity index (χ1v) is 9.31. The van der Waals surface area contributed by atoms with Gasteiger partial charge in [-0.1, -0.05) is 12.1 Å². The van der Waals surface area contributed by atoms with E-state index in [4.69, 9.17) is 9.47 Å². The zero-order valence-corrected chi connectivity index (χ0v) is 16.0. The van der Waals surface area contributed by atoms with Gasteiger partial charge < -0.3 is 14.8 Å². The van der Waals surface area contributed by atoms with Crippen molar-refractivity contribution in [2.24, 2.45) is 0 Å². The number of amides is 1. The molecule has 2 aromatic carbocycles. The molecule has 0 saturated carbocycles. The molecule has 3 rings (SSSR count). The van der Waals surface area contributed by atoms with Crippen LogP contribution in [0.2, 0.25) is 0 Å². The van der Waals surface area contributed by atoms with Crippen LogP contribution in [0, 0.1) is 17.1 Å². The number of rotatable bonds is 5. The third kappa shape index (κ3) is 4.15. The van der Waals surface area contributed by atoms with Crippen molar-refractivity contribution in [2.45, 2.75) is 38.2 Å². The zero-order chi connectivity index (χ0) is 20.1. The van der Waals surface area contributed by atoms with Crippen LogP contribution in [0.5, 0.6) is 5.75 Å². The summed E-state index contributed by atoms with van der Waals surface area (Å²) in [6, 6.07) is 13.1. The average Bonchev–Trinajstić information content (AvgIpc) is 2.69. The van der Waals surface area contributed by atoms with E-state index in [0.29, 0.717) is 43.1 Å². The summed E-state index contributed by atoms with van der Waals surface area (Å²) in [4.78, 5) is 13.3. The summed E-state index contributed by atoms with van der Waals surface area (Å²) in [6.45, 7) is 4.69. The van der Waals surface area contributed by atoms with E-state index in [-0.39, 0.29) is 17.8 Å². The van der Waals surface area contributed by atoms with Crippen molar-refractivity contribution in [2.75, 3.05) is 18.5 Å². The van der Waals surface area contributed by atoms with E-state index in [9.17, 15) is 14.4 Å². The Morgan fingerprint density at radius 2 is 1.89 bits per heavy atom. The standard InChI is InChI=1S/C22H23FN2O3/c1-15(2)28-19-7-8-20(16(13-19)14-24)25-21(26)22(9-11-27-12-10-22)17-3-5-18(23)6-4-17/h3-8,13,15H,9-12H2,1-2H3,(H,25,26). The molecule has 0 aromatic heterocycles. The quantitative estimate of drug-likeness (QED) is 0.842. The smallest absolute Gasteiger partial charge is 0.235 e. The molecule has 1 amide bonds. The first-order valence-electron chi connectivity index (χ1n) is 9.31. The number of hydrogen-bond acceptors (Lipinski definition) is 4. The molecule has 1 saturated heterocycles. The average molecular weight is 382 g/mol. The van der Waals surface area contributed by atoms with Gasteiger partial charge in [0.2, 0.25) is 5.91 Å². The maximum absolute atomic E-state index is 13.4. The second-order valence-electron chi connectivity index (χ2n) is 7.14. The predicted molar refractivity (Wildman–Crippen MR) is 104 cm³/mol. The predicted octanol–water partition coefficient (Wildman–Crippen LogP) is 4.17. The fraction of sp³-hybridized carbons (Fsp3) is 0.364. The maximum atomic E-state index is 13.4. The number of hydrogen-bond donors (Lipinski definition) is 1. The molecule has 1 aliphatic heterocycles. The first kappa shape index (κ1) is 19.8. The molecule has 6 heteroatoms. The Kier molecular flexibility index (Phi) is 5.96. The fourth-order valence-corrected chi connectivity index (χ4v) is 3.45. The zero-order valence-electron chi connectivity index (χ0n) is 16.0. The van der Waals surface area contributed by atoms with Crippen molar-refractivity contribution in [3.63, 3.8) is 0 Å². The van der Waals surface area contributed by atoms with Crippen molar-refractivity contribution in [1.82, 2.24) is 0 Å². The van der Waals surface area contributed by atoms with Crippen LogP contribution in [-0.4, -0.2) is 25.2 Å². The Morgan fingerprint density at radius 3 is 2.50 bits per heavy atom. The van der Waals surface area contributed by atoms with Crippen LogP contribution in [0.1, 0.15) is 37.8 Å². The molecule has 0 atom stereocenters. The number of benzene rings is 2. The second-order valence-corrected chi connectivity index (χ2v) is 7.14. The van der Waals surface area contributed by atoms with E-state index in [0.717, 1.165) is 5.56 Å². The van der Waals surface area contributed by atoms with Crippen LogP contribution in [0.4, 0.5) is 10.1 Å². The van der Waals surface area contributed by atoms with Crippen LogP contribution in [-0.2, 0) is 14.9 Å². The lowest BCUT2D eigenvalue weighted by atomic mass is 9.73. The summed E-state index contributed by atoms with van der Waals surface area (Å²) < 4.78 is 24.4. The topological polar surface area (TPSA) is 71.3 Å². The number of anilines is 1. The Bertz CT molecular complexity index is 882. The number of nitrogens with one attached hydrogen (secondary N) is 1. The van der Waals surface area contributed by atoms with E-state index < -0.39 is 5.41 Å². The monoisotopic (exact) mass is 382 g/mol.